The summed E-state index contributed by atoms with van der Waals surface area (Å²) < 4.78 is 16.9. The van der Waals surface area contributed by atoms with Gasteiger partial charge in [-0.2, -0.15) is 0 Å². The maximum absolute atomic E-state index is 12.0. The summed E-state index contributed by atoms with van der Waals surface area (Å²) in [6.45, 7) is 7.11. The Morgan fingerprint density at radius 2 is 1.83 bits per heavy atom. The van der Waals surface area contributed by atoms with Gasteiger partial charge in [-0.3, -0.25) is 4.79 Å². The molecule has 0 spiro atoms. The highest BCUT2D eigenvalue weighted by molar-refractivity contribution is 5.91. The monoisotopic (exact) mass is 397 g/mol. The average Bonchev–Trinajstić information content (AvgIpc) is 2.72. The Morgan fingerprint density at radius 3 is 2.52 bits per heavy atom. The van der Waals surface area contributed by atoms with E-state index in [4.69, 9.17) is 14.2 Å². The van der Waals surface area contributed by atoms with Crippen LogP contribution >= 0.6 is 0 Å². The Labute approximate surface area is 173 Å². The molecule has 0 saturated heterocycles. The van der Waals surface area contributed by atoms with E-state index in [1.165, 1.54) is 6.08 Å². The number of carbonyl (C=O) groups is 1. The molecule has 0 aromatic heterocycles. The molecule has 156 valence electrons. The van der Waals surface area contributed by atoms with Crippen LogP contribution < -0.4 is 14.8 Å². The number of amides is 1. The molecule has 2 aromatic rings. The summed E-state index contributed by atoms with van der Waals surface area (Å²) in [7, 11) is 1.60. The largest absolute Gasteiger partial charge is 0.493 e. The number of methoxy groups -OCH3 is 1. The molecule has 0 heterocycles. The van der Waals surface area contributed by atoms with Crippen molar-refractivity contribution in [1.82, 2.24) is 5.32 Å². The van der Waals surface area contributed by atoms with Gasteiger partial charge in [0.25, 0.3) is 0 Å². The third-order valence-corrected chi connectivity index (χ3v) is 4.23. The van der Waals surface area contributed by atoms with Gasteiger partial charge in [0.2, 0.25) is 5.91 Å². The molecular weight excluding hydrogens is 366 g/mol. The van der Waals surface area contributed by atoms with Crippen LogP contribution in [0.1, 0.15) is 44.4 Å². The third-order valence-electron chi connectivity index (χ3n) is 4.23. The van der Waals surface area contributed by atoms with Crippen molar-refractivity contribution in [2.45, 2.75) is 39.4 Å². The van der Waals surface area contributed by atoms with Gasteiger partial charge >= 0.3 is 0 Å². The summed E-state index contributed by atoms with van der Waals surface area (Å²) in [5, 5.41) is 2.87. The zero-order valence-corrected chi connectivity index (χ0v) is 17.7. The SMILES string of the molecule is COc1cc(/C=C/C(=O)NCCCOC(C)c2ccccc2)ccc1OC(C)C. The Balaban J connectivity index is 1.72. The summed E-state index contributed by atoms with van der Waals surface area (Å²) in [5.41, 5.74) is 2.02. The molecule has 2 aromatic carbocycles. The first kappa shape index (κ1) is 22.5. The van der Waals surface area contributed by atoms with Crippen molar-refractivity contribution in [3.05, 3.63) is 65.7 Å². The minimum Gasteiger partial charge on any atom is -0.493 e. The van der Waals surface area contributed by atoms with Crippen molar-refractivity contribution in [2.24, 2.45) is 0 Å². The van der Waals surface area contributed by atoms with Gasteiger partial charge in [-0.15, -0.1) is 0 Å². The Morgan fingerprint density at radius 1 is 1.07 bits per heavy atom. The standard InChI is InChI=1S/C24H31NO4/c1-18(2)29-22-13-11-20(17-23(22)27-4)12-14-24(26)25-15-8-16-28-19(3)21-9-6-5-7-10-21/h5-7,9-14,17-19H,8,15-16H2,1-4H3,(H,25,26)/b14-12+. The van der Waals surface area contributed by atoms with Gasteiger partial charge in [-0.1, -0.05) is 36.4 Å². The van der Waals surface area contributed by atoms with E-state index in [-0.39, 0.29) is 18.1 Å². The van der Waals surface area contributed by atoms with Crippen molar-refractivity contribution in [3.8, 4) is 11.5 Å². The fourth-order valence-corrected chi connectivity index (χ4v) is 2.73. The number of carbonyl (C=O) groups excluding carboxylic acids is 1. The average molecular weight is 398 g/mol. The molecule has 5 heteroatoms. The maximum Gasteiger partial charge on any atom is 0.244 e. The summed E-state index contributed by atoms with van der Waals surface area (Å²) in [4.78, 5) is 12.0. The molecule has 0 saturated carbocycles. The fraction of sp³-hybridized carbons (Fsp3) is 0.375. The van der Waals surface area contributed by atoms with Crippen LogP contribution in [0.3, 0.4) is 0 Å². The molecule has 1 N–H and O–H groups in total. The van der Waals surface area contributed by atoms with E-state index in [1.54, 1.807) is 13.2 Å². The van der Waals surface area contributed by atoms with E-state index < -0.39 is 0 Å². The number of hydrogen-bond acceptors (Lipinski definition) is 4. The second kappa shape index (κ2) is 11.9. The normalized spacial score (nSPS) is 12.2. The van der Waals surface area contributed by atoms with Crippen molar-refractivity contribution in [2.75, 3.05) is 20.3 Å². The highest BCUT2D eigenvalue weighted by Gasteiger charge is 2.07. The third kappa shape index (κ3) is 8.00. The highest BCUT2D eigenvalue weighted by Crippen LogP contribution is 2.29. The topological polar surface area (TPSA) is 56.8 Å². The smallest absolute Gasteiger partial charge is 0.244 e. The van der Waals surface area contributed by atoms with Crippen molar-refractivity contribution >= 4 is 12.0 Å². The lowest BCUT2D eigenvalue weighted by Gasteiger charge is -2.13. The summed E-state index contributed by atoms with van der Waals surface area (Å²) in [6.07, 6.45) is 4.14. The molecule has 2 rings (SSSR count). The molecular formula is C24H31NO4. The molecule has 0 aliphatic rings. The molecule has 0 bridgehead atoms. The van der Waals surface area contributed by atoms with E-state index in [0.29, 0.717) is 24.7 Å². The molecule has 29 heavy (non-hydrogen) atoms. The van der Waals surface area contributed by atoms with Gasteiger partial charge in [0.15, 0.2) is 11.5 Å². The first-order chi connectivity index (χ1) is 14.0. The Kier molecular flexibility index (Phi) is 9.25. The van der Waals surface area contributed by atoms with E-state index in [9.17, 15) is 4.79 Å². The molecule has 1 amide bonds. The van der Waals surface area contributed by atoms with Crippen LogP contribution in [-0.2, 0) is 9.53 Å². The van der Waals surface area contributed by atoms with E-state index >= 15 is 0 Å². The molecule has 5 nitrogen and oxygen atoms in total. The number of hydrogen-bond donors (Lipinski definition) is 1. The van der Waals surface area contributed by atoms with Crippen LogP contribution in [0.15, 0.2) is 54.6 Å². The van der Waals surface area contributed by atoms with E-state index in [2.05, 4.69) is 5.32 Å². The van der Waals surface area contributed by atoms with Crippen molar-refractivity contribution < 1.29 is 19.0 Å². The van der Waals surface area contributed by atoms with Gasteiger partial charge in [0, 0.05) is 19.2 Å². The number of nitrogens with one attached hydrogen (secondary N) is 1. The second-order valence-electron chi connectivity index (χ2n) is 6.98. The van der Waals surface area contributed by atoms with Gasteiger partial charge < -0.3 is 19.5 Å². The van der Waals surface area contributed by atoms with Crippen molar-refractivity contribution in [3.63, 3.8) is 0 Å². The molecule has 0 aliphatic heterocycles. The van der Waals surface area contributed by atoms with E-state index in [1.807, 2.05) is 69.3 Å². The molecule has 1 atom stereocenters. The van der Waals surface area contributed by atoms with Crippen LogP contribution in [0.5, 0.6) is 11.5 Å². The van der Waals surface area contributed by atoms with Crippen LogP contribution in [0.4, 0.5) is 0 Å². The minimum atomic E-state index is -0.136. The highest BCUT2D eigenvalue weighted by atomic mass is 16.5. The predicted octanol–water partition coefficient (Wildman–Crippen LogP) is 4.78. The number of benzene rings is 2. The summed E-state index contributed by atoms with van der Waals surface area (Å²) >= 11 is 0. The van der Waals surface area contributed by atoms with Crippen LogP contribution in [0.25, 0.3) is 6.08 Å². The molecule has 1 unspecified atom stereocenters. The zero-order valence-electron chi connectivity index (χ0n) is 17.7. The molecule has 0 radical (unpaired) electrons. The van der Waals surface area contributed by atoms with E-state index in [0.717, 1.165) is 17.5 Å². The summed E-state index contributed by atoms with van der Waals surface area (Å²) in [6, 6.07) is 15.7. The quantitative estimate of drug-likeness (QED) is 0.438. The lowest BCUT2D eigenvalue weighted by atomic mass is 10.1. The number of rotatable bonds is 11. The molecule has 0 aliphatic carbocycles. The fourth-order valence-electron chi connectivity index (χ4n) is 2.73. The van der Waals surface area contributed by atoms with Gasteiger partial charge in [0.05, 0.1) is 19.3 Å². The van der Waals surface area contributed by atoms with Crippen LogP contribution in [0, 0.1) is 0 Å². The summed E-state index contributed by atoms with van der Waals surface area (Å²) in [5.74, 6) is 1.20. The number of ether oxygens (including phenoxy) is 3. The second-order valence-corrected chi connectivity index (χ2v) is 6.98. The predicted molar refractivity (Wildman–Crippen MR) is 116 cm³/mol. The van der Waals surface area contributed by atoms with Crippen LogP contribution in [-0.4, -0.2) is 32.3 Å². The van der Waals surface area contributed by atoms with Crippen LogP contribution in [0.2, 0.25) is 0 Å². The minimum absolute atomic E-state index is 0.0458. The first-order valence-electron chi connectivity index (χ1n) is 9.96. The van der Waals surface area contributed by atoms with Gasteiger partial charge in [0.1, 0.15) is 0 Å². The van der Waals surface area contributed by atoms with Gasteiger partial charge in [-0.05, 0) is 56.5 Å². The van der Waals surface area contributed by atoms with Crippen molar-refractivity contribution in [1.29, 1.82) is 0 Å². The molecule has 0 fully saturated rings. The zero-order chi connectivity index (χ0) is 21.1. The lowest BCUT2D eigenvalue weighted by molar-refractivity contribution is -0.116. The Bertz CT molecular complexity index is 787. The lowest BCUT2D eigenvalue weighted by Crippen LogP contribution is -2.23. The first-order valence-corrected chi connectivity index (χ1v) is 9.96. The maximum atomic E-state index is 12.0. The van der Waals surface area contributed by atoms with Gasteiger partial charge in [-0.25, -0.2) is 0 Å². The Hall–Kier alpha value is -2.79.